The molecule has 0 aromatic heterocycles. The molecular weight excluding hydrogens is 476 g/mol. The van der Waals surface area contributed by atoms with Gasteiger partial charge in [-0.15, -0.1) is 0 Å². The van der Waals surface area contributed by atoms with Crippen molar-refractivity contribution < 1.29 is 24.2 Å². The molecule has 0 aliphatic rings. The lowest BCUT2D eigenvalue weighted by atomic mass is 10.0. The third-order valence-electron chi connectivity index (χ3n) is 7.27. The fraction of sp³-hybridized carbons (Fsp3) is 0.939. The van der Waals surface area contributed by atoms with Crippen molar-refractivity contribution in [2.45, 2.75) is 181 Å². The Hall–Kier alpha value is -1.10. The predicted octanol–water partition coefficient (Wildman–Crippen LogP) is 9.47. The highest BCUT2D eigenvalue weighted by molar-refractivity contribution is 5.69. The minimum absolute atomic E-state index is 0.109. The predicted molar refractivity (Wildman–Crippen MR) is 159 cm³/mol. The maximum Gasteiger partial charge on any atom is 0.305 e. The Morgan fingerprint density at radius 1 is 0.526 bits per heavy atom. The number of aliphatic hydroxyl groups excluding tert-OH is 1. The summed E-state index contributed by atoms with van der Waals surface area (Å²) in [7, 11) is 0. The molecule has 0 saturated carbocycles. The van der Waals surface area contributed by atoms with Crippen molar-refractivity contribution in [3.05, 3.63) is 0 Å². The first-order chi connectivity index (χ1) is 18.5. The molecule has 226 valence electrons. The summed E-state index contributed by atoms with van der Waals surface area (Å²) in [5, 5.41) is 9.94. The second-order valence-electron chi connectivity index (χ2n) is 11.8. The minimum Gasteiger partial charge on any atom is -0.463 e. The van der Waals surface area contributed by atoms with Gasteiger partial charge < -0.3 is 14.6 Å². The van der Waals surface area contributed by atoms with Crippen LogP contribution in [0, 0.1) is 5.92 Å². The first-order valence-corrected chi connectivity index (χ1v) is 16.4. The third kappa shape index (κ3) is 29.5. The molecule has 0 aliphatic heterocycles. The van der Waals surface area contributed by atoms with Crippen molar-refractivity contribution in [1.82, 2.24) is 0 Å². The van der Waals surface area contributed by atoms with Crippen LogP contribution in [0.4, 0.5) is 0 Å². The topological polar surface area (TPSA) is 72.8 Å². The molecule has 0 bridgehead atoms. The van der Waals surface area contributed by atoms with Crippen molar-refractivity contribution in [1.29, 1.82) is 0 Å². The summed E-state index contributed by atoms with van der Waals surface area (Å²) < 4.78 is 10.3. The fourth-order valence-electron chi connectivity index (χ4n) is 4.74. The summed E-state index contributed by atoms with van der Waals surface area (Å²) >= 11 is 0. The van der Waals surface area contributed by atoms with Gasteiger partial charge in [-0.05, 0) is 18.8 Å². The normalized spacial score (nSPS) is 12.1. The SMILES string of the molecule is CCCCCCCCCCCCCCC(=O)OC[C@H](O)COC(=O)CCCCCCCCCCCC(C)C. The molecule has 0 aromatic carbocycles. The van der Waals surface area contributed by atoms with Crippen molar-refractivity contribution in [2.75, 3.05) is 13.2 Å². The van der Waals surface area contributed by atoms with Crippen molar-refractivity contribution in [3.63, 3.8) is 0 Å². The van der Waals surface area contributed by atoms with E-state index in [-0.39, 0.29) is 25.2 Å². The molecule has 5 heteroatoms. The monoisotopic (exact) mass is 540 g/mol. The van der Waals surface area contributed by atoms with Gasteiger partial charge in [-0.2, -0.15) is 0 Å². The number of carbonyl (C=O) groups excluding carboxylic acids is 2. The summed E-state index contributed by atoms with van der Waals surface area (Å²) in [5.41, 5.74) is 0. The number of hydrogen-bond acceptors (Lipinski definition) is 5. The molecule has 1 N–H and O–H groups in total. The van der Waals surface area contributed by atoms with E-state index in [1.807, 2.05) is 0 Å². The molecular formula is C33H64O5. The zero-order valence-corrected chi connectivity index (χ0v) is 25.6. The van der Waals surface area contributed by atoms with E-state index in [0.29, 0.717) is 12.8 Å². The average Bonchev–Trinajstić information content (AvgIpc) is 2.89. The first-order valence-electron chi connectivity index (χ1n) is 16.4. The Morgan fingerprint density at radius 3 is 1.18 bits per heavy atom. The molecule has 0 unspecified atom stereocenters. The van der Waals surface area contributed by atoms with Crippen molar-refractivity contribution >= 4 is 11.9 Å². The van der Waals surface area contributed by atoms with E-state index in [0.717, 1.165) is 38.0 Å². The van der Waals surface area contributed by atoms with Gasteiger partial charge in [-0.3, -0.25) is 9.59 Å². The van der Waals surface area contributed by atoms with E-state index in [1.165, 1.54) is 109 Å². The second kappa shape index (κ2) is 28.9. The van der Waals surface area contributed by atoms with Gasteiger partial charge in [0.25, 0.3) is 0 Å². The van der Waals surface area contributed by atoms with Crippen LogP contribution < -0.4 is 0 Å². The number of unbranched alkanes of at least 4 members (excludes halogenated alkanes) is 19. The number of esters is 2. The molecule has 0 aromatic rings. The van der Waals surface area contributed by atoms with Crippen LogP contribution in [0.5, 0.6) is 0 Å². The third-order valence-corrected chi connectivity index (χ3v) is 7.27. The van der Waals surface area contributed by atoms with Crippen molar-refractivity contribution in [2.24, 2.45) is 5.92 Å². The maximum atomic E-state index is 11.9. The standard InChI is InChI=1S/C33H64O5/c1-4-5-6-7-8-9-10-11-14-17-20-23-26-32(35)37-28-31(34)29-38-33(36)27-24-21-18-15-12-13-16-19-22-25-30(2)3/h30-31,34H,4-29H2,1-3H3/t31-/m0/s1. The van der Waals surface area contributed by atoms with Gasteiger partial charge in [0.1, 0.15) is 19.3 Å². The van der Waals surface area contributed by atoms with Crippen LogP contribution in [0.15, 0.2) is 0 Å². The summed E-state index contributed by atoms with van der Waals surface area (Å²) in [4.78, 5) is 23.7. The fourth-order valence-corrected chi connectivity index (χ4v) is 4.74. The molecule has 0 saturated heterocycles. The van der Waals surface area contributed by atoms with Gasteiger partial charge >= 0.3 is 11.9 Å². The van der Waals surface area contributed by atoms with Crippen molar-refractivity contribution in [3.8, 4) is 0 Å². The van der Waals surface area contributed by atoms with E-state index in [1.54, 1.807) is 0 Å². The van der Waals surface area contributed by atoms with Gasteiger partial charge in [0, 0.05) is 12.8 Å². The van der Waals surface area contributed by atoms with E-state index >= 15 is 0 Å². The Balaban J connectivity index is 3.42. The molecule has 38 heavy (non-hydrogen) atoms. The largest absolute Gasteiger partial charge is 0.463 e. The molecule has 0 amide bonds. The number of ether oxygens (including phenoxy) is 2. The smallest absolute Gasteiger partial charge is 0.305 e. The Kier molecular flexibility index (Phi) is 28.1. The zero-order valence-electron chi connectivity index (χ0n) is 25.6. The number of aliphatic hydroxyl groups is 1. The van der Waals surface area contributed by atoms with Gasteiger partial charge in [0.05, 0.1) is 0 Å². The number of carbonyl (C=O) groups is 2. The highest BCUT2D eigenvalue weighted by Crippen LogP contribution is 2.14. The van der Waals surface area contributed by atoms with E-state index in [4.69, 9.17) is 9.47 Å². The molecule has 0 aliphatic carbocycles. The highest BCUT2D eigenvalue weighted by atomic mass is 16.6. The molecule has 0 spiro atoms. The summed E-state index contributed by atoms with van der Waals surface area (Å²) in [6.07, 6.45) is 27.2. The number of hydrogen-bond donors (Lipinski definition) is 1. The quantitative estimate of drug-likeness (QED) is 0.0755. The lowest BCUT2D eigenvalue weighted by Gasteiger charge is -2.12. The van der Waals surface area contributed by atoms with Gasteiger partial charge in [-0.25, -0.2) is 0 Å². The first kappa shape index (κ1) is 36.9. The van der Waals surface area contributed by atoms with Crippen LogP contribution in [-0.4, -0.2) is 36.4 Å². The lowest BCUT2D eigenvalue weighted by molar-refractivity contribution is -0.152. The summed E-state index contributed by atoms with van der Waals surface area (Å²) in [6, 6.07) is 0. The summed E-state index contributed by atoms with van der Waals surface area (Å²) in [5.74, 6) is 0.260. The Labute approximate surface area is 236 Å². The minimum atomic E-state index is -0.953. The van der Waals surface area contributed by atoms with Crippen LogP contribution >= 0.6 is 0 Å². The Bertz CT molecular complexity index is 520. The zero-order chi connectivity index (χ0) is 28.1. The van der Waals surface area contributed by atoms with E-state index < -0.39 is 6.10 Å². The van der Waals surface area contributed by atoms with Crippen LogP contribution in [0.1, 0.15) is 175 Å². The molecule has 5 nitrogen and oxygen atoms in total. The number of rotatable bonds is 29. The summed E-state index contributed by atoms with van der Waals surface area (Å²) in [6.45, 7) is 6.61. The molecule has 0 rings (SSSR count). The average molecular weight is 541 g/mol. The molecule has 0 radical (unpaired) electrons. The van der Waals surface area contributed by atoms with E-state index in [9.17, 15) is 14.7 Å². The van der Waals surface area contributed by atoms with Gasteiger partial charge in [0.15, 0.2) is 0 Å². The molecule has 0 fully saturated rings. The van der Waals surface area contributed by atoms with Gasteiger partial charge in [0.2, 0.25) is 0 Å². The van der Waals surface area contributed by atoms with E-state index in [2.05, 4.69) is 20.8 Å². The molecule has 0 heterocycles. The maximum absolute atomic E-state index is 11.9. The molecule has 1 atom stereocenters. The van der Waals surface area contributed by atoms with Gasteiger partial charge in [-0.1, -0.05) is 149 Å². The van der Waals surface area contributed by atoms with Crippen LogP contribution in [0.25, 0.3) is 0 Å². The Morgan fingerprint density at radius 2 is 0.842 bits per heavy atom. The lowest BCUT2D eigenvalue weighted by Crippen LogP contribution is -2.25. The van der Waals surface area contributed by atoms with Crippen LogP contribution in [0.3, 0.4) is 0 Å². The highest BCUT2D eigenvalue weighted by Gasteiger charge is 2.12. The van der Waals surface area contributed by atoms with Crippen LogP contribution in [0.2, 0.25) is 0 Å². The second-order valence-corrected chi connectivity index (χ2v) is 11.8. The van der Waals surface area contributed by atoms with Crippen LogP contribution in [-0.2, 0) is 19.1 Å².